The van der Waals surface area contributed by atoms with E-state index in [9.17, 15) is 4.79 Å². The van der Waals surface area contributed by atoms with E-state index >= 15 is 0 Å². The number of rotatable bonds is 2. The summed E-state index contributed by atoms with van der Waals surface area (Å²) in [5.74, 6) is 0.0192. The van der Waals surface area contributed by atoms with Gasteiger partial charge < -0.3 is 19.9 Å². The number of nitrogens with zero attached hydrogens (tertiary/aromatic N) is 5. The fourth-order valence-corrected chi connectivity index (χ4v) is 3.48. The molecule has 3 aromatic heterocycles. The summed E-state index contributed by atoms with van der Waals surface area (Å²) in [5.41, 5.74) is 9.82. The van der Waals surface area contributed by atoms with E-state index in [0.717, 1.165) is 16.7 Å². The van der Waals surface area contributed by atoms with Crippen molar-refractivity contribution in [3.05, 3.63) is 66.2 Å². The molecule has 5 rings (SSSR count). The molecule has 0 saturated heterocycles. The molecule has 144 valence electrons. The zero-order valence-corrected chi connectivity index (χ0v) is 15.7. The van der Waals surface area contributed by atoms with Crippen molar-refractivity contribution in [2.45, 2.75) is 6.92 Å². The predicted octanol–water partition coefficient (Wildman–Crippen LogP) is 2.75. The van der Waals surface area contributed by atoms with Crippen LogP contribution in [0.3, 0.4) is 0 Å². The van der Waals surface area contributed by atoms with Crippen molar-refractivity contribution in [1.82, 2.24) is 19.5 Å². The summed E-state index contributed by atoms with van der Waals surface area (Å²) in [6.45, 7) is 2.72. The Morgan fingerprint density at radius 1 is 1.07 bits per heavy atom. The van der Waals surface area contributed by atoms with Gasteiger partial charge >= 0.3 is 0 Å². The Labute approximate surface area is 166 Å². The number of carbonyl (C=O) groups excluding carboxylic acids is 1. The van der Waals surface area contributed by atoms with Crippen molar-refractivity contribution < 1.29 is 9.53 Å². The van der Waals surface area contributed by atoms with Gasteiger partial charge in [0.25, 0.3) is 5.91 Å². The Hall–Kier alpha value is -3.94. The number of hydrogen-bond acceptors (Lipinski definition) is 6. The Kier molecular flexibility index (Phi) is 3.90. The third-order valence-electron chi connectivity index (χ3n) is 4.99. The van der Waals surface area contributed by atoms with Crippen molar-refractivity contribution in [3.63, 3.8) is 0 Å². The van der Waals surface area contributed by atoms with E-state index in [1.807, 2.05) is 22.9 Å². The van der Waals surface area contributed by atoms with Crippen LogP contribution in [0.5, 0.6) is 5.88 Å². The summed E-state index contributed by atoms with van der Waals surface area (Å²) in [5, 5.41) is 0.929. The largest absolute Gasteiger partial charge is 0.475 e. The number of hydrogen-bond donors (Lipinski definition) is 1. The molecule has 4 heterocycles. The van der Waals surface area contributed by atoms with Gasteiger partial charge in [-0.3, -0.25) is 4.79 Å². The second-order valence-electron chi connectivity index (χ2n) is 6.87. The fraction of sp³-hybridized carbons (Fsp3) is 0.143. The topological polar surface area (TPSA) is 99.2 Å². The lowest BCUT2D eigenvalue weighted by molar-refractivity contribution is 0.0990. The number of nitrogens with two attached hydrogens (primary N) is 1. The van der Waals surface area contributed by atoms with E-state index in [0.29, 0.717) is 18.8 Å². The molecule has 1 aromatic carbocycles. The molecular formula is C21H18N6O2. The average molecular weight is 386 g/mol. The minimum atomic E-state index is -0.297. The van der Waals surface area contributed by atoms with E-state index in [-0.39, 0.29) is 23.2 Å². The van der Waals surface area contributed by atoms with Crippen LogP contribution >= 0.6 is 0 Å². The quantitative estimate of drug-likeness (QED) is 0.569. The molecule has 29 heavy (non-hydrogen) atoms. The first-order chi connectivity index (χ1) is 14.1. The lowest BCUT2D eigenvalue weighted by atomic mass is 10.2. The number of benzene rings is 1. The number of ether oxygens (including phenoxy) is 1. The van der Waals surface area contributed by atoms with Crippen LogP contribution in [0.1, 0.15) is 15.9 Å². The molecule has 2 N–H and O–H groups in total. The van der Waals surface area contributed by atoms with Crippen molar-refractivity contribution in [2.75, 3.05) is 23.8 Å². The molecular weight excluding hydrogens is 368 g/mol. The van der Waals surface area contributed by atoms with Crippen LogP contribution < -0.4 is 15.4 Å². The molecule has 0 unspecified atom stereocenters. The van der Waals surface area contributed by atoms with Crippen molar-refractivity contribution >= 4 is 28.4 Å². The van der Waals surface area contributed by atoms with E-state index in [2.05, 4.69) is 46.1 Å². The number of fused-ring (bicyclic) bond motifs is 2. The van der Waals surface area contributed by atoms with E-state index < -0.39 is 0 Å². The smallest absolute Gasteiger partial charge is 0.267 e. The lowest BCUT2D eigenvalue weighted by Crippen LogP contribution is -2.32. The molecule has 4 aromatic rings. The maximum atomic E-state index is 13.1. The minimum Gasteiger partial charge on any atom is -0.475 e. The van der Waals surface area contributed by atoms with Crippen LogP contribution in [0.15, 0.2) is 55.1 Å². The Balaban J connectivity index is 1.55. The van der Waals surface area contributed by atoms with Crippen LogP contribution in [-0.4, -0.2) is 38.6 Å². The van der Waals surface area contributed by atoms with Crippen LogP contribution in [-0.2, 0) is 0 Å². The van der Waals surface area contributed by atoms with Gasteiger partial charge in [-0.1, -0.05) is 17.7 Å². The molecule has 0 atom stereocenters. The summed E-state index contributed by atoms with van der Waals surface area (Å²) in [7, 11) is 0. The third kappa shape index (κ3) is 2.85. The highest BCUT2D eigenvalue weighted by Crippen LogP contribution is 2.29. The number of nitrogen functional groups attached to an aromatic ring is 1. The standard InChI is InChI=1S/C21H18N6O2/c1-13-2-4-15(5-3-13)26-7-6-14-10-16(11-23-19(14)26)27-8-9-29-20-17(21(27)28)18(22)24-12-25-20/h2-7,10-12H,8-9H2,1H3,(H2,22,24,25). The molecule has 0 spiro atoms. The number of carbonyl (C=O) groups is 1. The van der Waals surface area contributed by atoms with Gasteiger partial charge in [0.05, 0.1) is 18.4 Å². The fourth-order valence-electron chi connectivity index (χ4n) is 3.48. The van der Waals surface area contributed by atoms with Gasteiger partial charge in [-0.05, 0) is 31.2 Å². The van der Waals surface area contributed by atoms with E-state index in [1.54, 1.807) is 11.1 Å². The van der Waals surface area contributed by atoms with E-state index in [4.69, 9.17) is 10.5 Å². The normalized spacial score (nSPS) is 13.8. The molecule has 0 saturated carbocycles. The maximum absolute atomic E-state index is 13.1. The van der Waals surface area contributed by atoms with Gasteiger partial charge in [0.1, 0.15) is 30.0 Å². The third-order valence-corrected chi connectivity index (χ3v) is 4.99. The minimum absolute atomic E-state index is 0.103. The van der Waals surface area contributed by atoms with Gasteiger partial charge in [-0.25, -0.2) is 15.0 Å². The monoisotopic (exact) mass is 386 g/mol. The second kappa shape index (κ2) is 6.59. The zero-order chi connectivity index (χ0) is 20.0. The number of amides is 1. The molecule has 0 fully saturated rings. The molecule has 1 amide bonds. The Bertz CT molecular complexity index is 1230. The van der Waals surface area contributed by atoms with Crippen molar-refractivity contribution in [2.24, 2.45) is 0 Å². The number of anilines is 2. The van der Waals surface area contributed by atoms with Crippen LogP contribution in [0.4, 0.5) is 11.5 Å². The predicted molar refractivity (Wildman–Crippen MR) is 109 cm³/mol. The highest BCUT2D eigenvalue weighted by molar-refractivity contribution is 6.11. The van der Waals surface area contributed by atoms with Crippen molar-refractivity contribution in [3.8, 4) is 11.6 Å². The van der Waals surface area contributed by atoms with Gasteiger partial charge in [0.2, 0.25) is 5.88 Å². The number of aromatic nitrogens is 4. The van der Waals surface area contributed by atoms with Crippen LogP contribution in [0, 0.1) is 6.92 Å². The molecule has 0 radical (unpaired) electrons. The highest BCUT2D eigenvalue weighted by Gasteiger charge is 2.29. The molecule has 8 heteroatoms. The summed E-state index contributed by atoms with van der Waals surface area (Å²) in [6.07, 6.45) is 4.95. The Morgan fingerprint density at radius 2 is 1.90 bits per heavy atom. The van der Waals surface area contributed by atoms with Crippen LogP contribution in [0.2, 0.25) is 0 Å². The lowest BCUT2D eigenvalue weighted by Gasteiger charge is -2.20. The van der Waals surface area contributed by atoms with Gasteiger partial charge in [-0.2, -0.15) is 0 Å². The average Bonchev–Trinajstić information content (AvgIpc) is 3.06. The van der Waals surface area contributed by atoms with Gasteiger partial charge in [0, 0.05) is 17.3 Å². The number of pyridine rings is 1. The molecule has 1 aliphatic heterocycles. The first kappa shape index (κ1) is 17.2. The second-order valence-corrected chi connectivity index (χ2v) is 6.87. The van der Waals surface area contributed by atoms with E-state index in [1.165, 1.54) is 11.9 Å². The first-order valence-electron chi connectivity index (χ1n) is 9.21. The van der Waals surface area contributed by atoms with Gasteiger partial charge in [-0.15, -0.1) is 0 Å². The zero-order valence-electron chi connectivity index (χ0n) is 15.7. The summed E-state index contributed by atoms with van der Waals surface area (Å²) in [4.78, 5) is 27.3. The SMILES string of the molecule is Cc1ccc(-n2ccc3cc(N4CCOc5ncnc(N)c5C4=O)cnc32)cc1. The molecule has 8 nitrogen and oxygen atoms in total. The highest BCUT2D eigenvalue weighted by atomic mass is 16.5. The maximum Gasteiger partial charge on any atom is 0.267 e. The summed E-state index contributed by atoms with van der Waals surface area (Å²) in [6, 6.07) is 12.2. The summed E-state index contributed by atoms with van der Waals surface area (Å²) < 4.78 is 7.61. The van der Waals surface area contributed by atoms with Gasteiger partial charge in [0.15, 0.2) is 0 Å². The van der Waals surface area contributed by atoms with Crippen molar-refractivity contribution in [1.29, 1.82) is 0 Å². The number of aryl methyl sites for hydroxylation is 1. The van der Waals surface area contributed by atoms with Crippen LogP contribution in [0.25, 0.3) is 16.7 Å². The Morgan fingerprint density at radius 3 is 2.72 bits per heavy atom. The molecule has 1 aliphatic rings. The summed E-state index contributed by atoms with van der Waals surface area (Å²) >= 11 is 0. The first-order valence-corrected chi connectivity index (χ1v) is 9.21. The molecule has 0 bridgehead atoms. The molecule has 0 aliphatic carbocycles.